The lowest BCUT2D eigenvalue weighted by Crippen LogP contribution is -2.20. The second-order valence-electron chi connectivity index (χ2n) is 4.01. The zero-order chi connectivity index (χ0) is 14.4. The number of amides is 1. The third-order valence-electron chi connectivity index (χ3n) is 2.37. The minimum absolute atomic E-state index is 0.0806. The highest BCUT2D eigenvalue weighted by Crippen LogP contribution is 2.26. The zero-order valence-corrected chi connectivity index (χ0v) is 12.2. The summed E-state index contributed by atoms with van der Waals surface area (Å²) in [7, 11) is 0. The second kappa shape index (κ2) is 6.91. The number of rotatable bonds is 6. The molecule has 2 aromatic rings. The number of carbonyl (C=O) groups excluding carboxylic acids is 1. The standard InChI is InChI=1S/C14H16N2O3S/c1-3-18-11-6-4-5-7-12(11)19-8-13(17)16-14-15-10(2)9-20-14/h4-7,9H,3,8H2,1-2H3,(H,15,16,17). The van der Waals surface area contributed by atoms with Crippen molar-refractivity contribution < 1.29 is 14.3 Å². The van der Waals surface area contributed by atoms with Crippen LogP contribution >= 0.6 is 11.3 Å². The molecule has 0 bridgehead atoms. The van der Waals surface area contributed by atoms with Crippen molar-refractivity contribution in [2.45, 2.75) is 13.8 Å². The molecule has 0 atom stereocenters. The van der Waals surface area contributed by atoms with Crippen molar-refractivity contribution in [3.63, 3.8) is 0 Å². The van der Waals surface area contributed by atoms with Gasteiger partial charge in [0.2, 0.25) is 0 Å². The first-order chi connectivity index (χ1) is 9.69. The highest BCUT2D eigenvalue weighted by atomic mass is 32.1. The van der Waals surface area contributed by atoms with Gasteiger partial charge in [0.05, 0.1) is 12.3 Å². The first kappa shape index (κ1) is 14.3. The van der Waals surface area contributed by atoms with Crippen LogP contribution in [0.5, 0.6) is 11.5 Å². The van der Waals surface area contributed by atoms with Gasteiger partial charge in [-0.1, -0.05) is 12.1 Å². The molecule has 1 aromatic carbocycles. The van der Waals surface area contributed by atoms with E-state index < -0.39 is 0 Å². The molecule has 0 fully saturated rings. The number of hydrogen-bond donors (Lipinski definition) is 1. The van der Waals surface area contributed by atoms with Crippen molar-refractivity contribution in [1.82, 2.24) is 4.98 Å². The highest BCUT2D eigenvalue weighted by molar-refractivity contribution is 7.13. The number of carbonyl (C=O) groups is 1. The van der Waals surface area contributed by atoms with E-state index in [-0.39, 0.29) is 12.5 Å². The van der Waals surface area contributed by atoms with E-state index >= 15 is 0 Å². The molecule has 0 spiro atoms. The molecule has 6 heteroatoms. The number of ether oxygens (including phenoxy) is 2. The number of aromatic nitrogens is 1. The molecule has 0 aliphatic carbocycles. The van der Waals surface area contributed by atoms with Crippen molar-refractivity contribution in [2.75, 3.05) is 18.5 Å². The molecule has 0 saturated heterocycles. The molecular formula is C14H16N2O3S. The van der Waals surface area contributed by atoms with Crippen LogP contribution in [0.3, 0.4) is 0 Å². The Morgan fingerprint density at radius 3 is 2.60 bits per heavy atom. The van der Waals surface area contributed by atoms with Crippen LogP contribution < -0.4 is 14.8 Å². The smallest absolute Gasteiger partial charge is 0.264 e. The maximum absolute atomic E-state index is 11.8. The van der Waals surface area contributed by atoms with Crippen LogP contribution in [0.2, 0.25) is 0 Å². The maximum atomic E-state index is 11.8. The van der Waals surface area contributed by atoms with Gasteiger partial charge >= 0.3 is 0 Å². The van der Waals surface area contributed by atoms with Crippen LogP contribution in [-0.4, -0.2) is 24.1 Å². The van der Waals surface area contributed by atoms with Crippen LogP contribution in [0, 0.1) is 6.92 Å². The average molecular weight is 292 g/mol. The molecule has 1 aromatic heterocycles. The van der Waals surface area contributed by atoms with Crippen molar-refractivity contribution in [1.29, 1.82) is 0 Å². The second-order valence-corrected chi connectivity index (χ2v) is 4.87. The van der Waals surface area contributed by atoms with Crippen LogP contribution in [0.15, 0.2) is 29.6 Å². The minimum atomic E-state index is -0.245. The van der Waals surface area contributed by atoms with Crippen LogP contribution in [0.25, 0.3) is 0 Å². The lowest BCUT2D eigenvalue weighted by Gasteiger charge is -2.10. The number of aryl methyl sites for hydroxylation is 1. The largest absolute Gasteiger partial charge is 0.490 e. The summed E-state index contributed by atoms with van der Waals surface area (Å²) in [5.74, 6) is 0.943. The summed E-state index contributed by atoms with van der Waals surface area (Å²) >= 11 is 1.39. The van der Waals surface area contributed by atoms with Gasteiger partial charge in [0.15, 0.2) is 23.2 Å². The van der Waals surface area contributed by atoms with Gasteiger partial charge in [-0.05, 0) is 26.0 Å². The van der Waals surface area contributed by atoms with Gasteiger partial charge in [-0.15, -0.1) is 11.3 Å². The van der Waals surface area contributed by atoms with Gasteiger partial charge in [0, 0.05) is 5.38 Å². The summed E-state index contributed by atoms with van der Waals surface area (Å²) in [5.41, 5.74) is 0.882. The Morgan fingerprint density at radius 2 is 2.00 bits per heavy atom. The first-order valence-corrected chi connectivity index (χ1v) is 7.13. The molecule has 0 aliphatic rings. The molecule has 1 amide bonds. The van der Waals surface area contributed by atoms with Crippen LogP contribution in [0.4, 0.5) is 5.13 Å². The fourth-order valence-electron chi connectivity index (χ4n) is 1.55. The monoisotopic (exact) mass is 292 g/mol. The van der Waals surface area contributed by atoms with E-state index in [0.29, 0.717) is 23.2 Å². The van der Waals surface area contributed by atoms with E-state index in [1.807, 2.05) is 31.4 Å². The van der Waals surface area contributed by atoms with Crippen molar-refractivity contribution in [3.05, 3.63) is 35.3 Å². The number of nitrogens with zero attached hydrogens (tertiary/aromatic N) is 1. The van der Waals surface area contributed by atoms with E-state index in [2.05, 4.69) is 10.3 Å². The number of nitrogens with one attached hydrogen (secondary N) is 1. The molecule has 20 heavy (non-hydrogen) atoms. The fraction of sp³-hybridized carbons (Fsp3) is 0.286. The van der Waals surface area contributed by atoms with Gasteiger partial charge in [-0.2, -0.15) is 0 Å². The Kier molecular flexibility index (Phi) is 4.95. The molecule has 1 heterocycles. The quantitative estimate of drug-likeness (QED) is 0.889. The third-order valence-corrected chi connectivity index (χ3v) is 3.25. The zero-order valence-electron chi connectivity index (χ0n) is 11.4. The SMILES string of the molecule is CCOc1ccccc1OCC(=O)Nc1nc(C)cs1. The summed E-state index contributed by atoms with van der Waals surface area (Å²) < 4.78 is 10.9. The van der Waals surface area contributed by atoms with Gasteiger partial charge in [-0.25, -0.2) is 4.98 Å². The summed E-state index contributed by atoms with van der Waals surface area (Å²) in [6, 6.07) is 7.27. The Bertz CT molecular complexity index is 583. The van der Waals surface area contributed by atoms with Crippen molar-refractivity contribution in [3.8, 4) is 11.5 Å². The minimum Gasteiger partial charge on any atom is -0.490 e. The Balaban J connectivity index is 1.90. The molecule has 1 N–H and O–H groups in total. The van der Waals surface area contributed by atoms with Crippen molar-refractivity contribution in [2.24, 2.45) is 0 Å². The Morgan fingerprint density at radius 1 is 1.30 bits per heavy atom. The number of hydrogen-bond acceptors (Lipinski definition) is 5. The Labute approximate surface area is 121 Å². The molecular weight excluding hydrogens is 276 g/mol. The molecule has 2 rings (SSSR count). The first-order valence-electron chi connectivity index (χ1n) is 6.25. The van der Waals surface area contributed by atoms with E-state index in [1.54, 1.807) is 12.1 Å². The van der Waals surface area contributed by atoms with Gasteiger partial charge in [-0.3, -0.25) is 10.1 Å². The van der Waals surface area contributed by atoms with Crippen LogP contribution in [-0.2, 0) is 4.79 Å². The molecule has 0 radical (unpaired) electrons. The lowest BCUT2D eigenvalue weighted by molar-refractivity contribution is -0.118. The topological polar surface area (TPSA) is 60.5 Å². The van der Waals surface area contributed by atoms with Gasteiger partial charge in [0.1, 0.15) is 0 Å². The highest BCUT2D eigenvalue weighted by Gasteiger charge is 2.09. The van der Waals surface area contributed by atoms with Gasteiger partial charge < -0.3 is 9.47 Å². The molecule has 0 saturated carbocycles. The molecule has 0 unspecified atom stereocenters. The Hall–Kier alpha value is -2.08. The fourth-order valence-corrected chi connectivity index (χ4v) is 2.26. The molecule has 5 nitrogen and oxygen atoms in total. The average Bonchev–Trinajstić information content (AvgIpc) is 2.83. The van der Waals surface area contributed by atoms with E-state index in [9.17, 15) is 4.79 Å². The predicted octanol–water partition coefficient (Wildman–Crippen LogP) is 2.87. The number of para-hydroxylation sites is 2. The normalized spacial score (nSPS) is 10.1. The van der Waals surface area contributed by atoms with Crippen molar-refractivity contribution >= 4 is 22.4 Å². The van der Waals surface area contributed by atoms with E-state index in [4.69, 9.17) is 9.47 Å². The van der Waals surface area contributed by atoms with Crippen LogP contribution in [0.1, 0.15) is 12.6 Å². The summed E-state index contributed by atoms with van der Waals surface area (Å²) in [5, 5.41) is 5.14. The van der Waals surface area contributed by atoms with Gasteiger partial charge in [0.25, 0.3) is 5.91 Å². The summed E-state index contributed by atoms with van der Waals surface area (Å²) in [6.07, 6.45) is 0. The van der Waals surface area contributed by atoms with E-state index in [0.717, 1.165) is 5.69 Å². The predicted molar refractivity (Wildman–Crippen MR) is 78.6 cm³/mol. The number of anilines is 1. The summed E-state index contributed by atoms with van der Waals surface area (Å²) in [4.78, 5) is 15.9. The number of thiazole rings is 1. The molecule has 0 aliphatic heterocycles. The van der Waals surface area contributed by atoms with E-state index in [1.165, 1.54) is 11.3 Å². The molecule has 106 valence electrons. The lowest BCUT2D eigenvalue weighted by atomic mass is 10.3. The third kappa shape index (κ3) is 3.96. The number of benzene rings is 1. The summed E-state index contributed by atoms with van der Waals surface area (Å²) in [6.45, 7) is 4.24. The maximum Gasteiger partial charge on any atom is 0.264 e.